The van der Waals surface area contributed by atoms with Crippen LogP contribution in [0.1, 0.15) is 0 Å². The van der Waals surface area contributed by atoms with Gasteiger partial charge in [0, 0.05) is 0 Å². The van der Waals surface area contributed by atoms with Crippen LogP contribution in [0.4, 0.5) is 0 Å². The summed E-state index contributed by atoms with van der Waals surface area (Å²) >= 11 is 2.88. The molecule has 0 aromatic carbocycles. The van der Waals surface area contributed by atoms with E-state index in [1.54, 1.807) is 0 Å². The van der Waals surface area contributed by atoms with E-state index in [9.17, 15) is 4.79 Å². The highest BCUT2D eigenvalue weighted by molar-refractivity contribution is 9.11. The highest BCUT2D eigenvalue weighted by Crippen LogP contribution is 2.05. The molecule has 0 unspecified atom stereocenters. The van der Waals surface area contributed by atoms with E-state index >= 15 is 0 Å². The maximum atomic E-state index is 9.75. The van der Waals surface area contributed by atoms with Crippen molar-refractivity contribution in [1.82, 2.24) is 0 Å². The first kappa shape index (κ1) is 7.43. The van der Waals surface area contributed by atoms with Crippen LogP contribution >= 0.6 is 15.9 Å². The van der Waals surface area contributed by atoms with E-state index in [2.05, 4.69) is 33.8 Å². The molecule has 0 fully saturated rings. The van der Waals surface area contributed by atoms with Crippen LogP contribution in [0.25, 0.3) is 0 Å². The lowest BCUT2D eigenvalue weighted by Crippen LogP contribution is -1.84. The zero-order chi connectivity index (χ0) is 6.57. The Hall–Kier alpha value is -0.570. The smallest absolute Gasteiger partial charge is 0.184 e. The molecule has 0 spiro atoms. The van der Waals surface area contributed by atoms with Crippen LogP contribution < -0.4 is 0 Å². The van der Waals surface area contributed by atoms with Crippen LogP contribution in [0.15, 0.2) is 23.6 Å². The van der Waals surface area contributed by atoms with Gasteiger partial charge in [-0.3, -0.25) is 4.79 Å². The van der Waals surface area contributed by atoms with Gasteiger partial charge in [-0.05, 0) is 22.5 Å². The van der Waals surface area contributed by atoms with Crippen molar-refractivity contribution in [1.29, 1.82) is 0 Å². The average molecular weight is 177 g/mol. The number of halogens is 1. The number of aldehydes is 1. The molecular formula is C5H5BrO2. The van der Waals surface area contributed by atoms with Gasteiger partial charge in [0.15, 0.2) is 16.7 Å². The van der Waals surface area contributed by atoms with Gasteiger partial charge >= 0.3 is 0 Å². The first-order chi connectivity index (χ1) is 3.66. The van der Waals surface area contributed by atoms with Crippen molar-refractivity contribution < 1.29 is 9.53 Å². The van der Waals surface area contributed by atoms with Gasteiger partial charge in [0.1, 0.15) is 0 Å². The van der Waals surface area contributed by atoms with E-state index in [0.29, 0.717) is 6.29 Å². The van der Waals surface area contributed by atoms with Gasteiger partial charge in [-0.15, -0.1) is 0 Å². The maximum Gasteiger partial charge on any atom is 0.184 e. The number of ether oxygens (including phenoxy) is 1. The third-order valence-electron chi connectivity index (χ3n) is 0.373. The summed E-state index contributed by atoms with van der Waals surface area (Å²) in [5, 5.41) is 0. The SMILES string of the molecule is C=C(Br)OC(=C)C=O. The molecule has 0 radical (unpaired) electrons. The summed E-state index contributed by atoms with van der Waals surface area (Å²) in [6, 6.07) is 0. The second-order valence-corrected chi connectivity index (χ2v) is 1.93. The Morgan fingerprint density at radius 3 is 2.25 bits per heavy atom. The highest BCUT2D eigenvalue weighted by atomic mass is 79.9. The van der Waals surface area contributed by atoms with Gasteiger partial charge < -0.3 is 4.74 Å². The standard InChI is InChI=1S/C5H5BrO2/c1-4(3-7)8-5(2)6/h3H,1-2H2. The Bertz CT molecular complexity index is 128. The van der Waals surface area contributed by atoms with Crippen molar-refractivity contribution >= 4 is 22.2 Å². The molecule has 44 valence electrons. The molecule has 0 aliphatic rings. The molecule has 3 heteroatoms. The van der Waals surface area contributed by atoms with Crippen LogP contribution in [-0.2, 0) is 9.53 Å². The van der Waals surface area contributed by atoms with E-state index in [-0.39, 0.29) is 10.4 Å². The Labute approximate surface area is 56.0 Å². The second kappa shape index (κ2) is 3.43. The number of hydrogen-bond acceptors (Lipinski definition) is 2. The van der Waals surface area contributed by atoms with E-state index in [0.717, 1.165) is 0 Å². The van der Waals surface area contributed by atoms with Crippen molar-refractivity contribution in [2.75, 3.05) is 0 Å². The van der Waals surface area contributed by atoms with Gasteiger partial charge in [0.2, 0.25) is 0 Å². The van der Waals surface area contributed by atoms with Crippen molar-refractivity contribution in [3.63, 3.8) is 0 Å². The highest BCUT2D eigenvalue weighted by Gasteiger charge is 1.89. The number of carbonyl (C=O) groups is 1. The van der Waals surface area contributed by atoms with Crippen molar-refractivity contribution in [3.8, 4) is 0 Å². The lowest BCUT2D eigenvalue weighted by Gasteiger charge is -1.95. The van der Waals surface area contributed by atoms with Gasteiger partial charge in [0.05, 0.1) is 0 Å². The fourth-order valence-corrected chi connectivity index (χ4v) is 0.374. The molecule has 0 aliphatic heterocycles. The molecule has 0 saturated carbocycles. The summed E-state index contributed by atoms with van der Waals surface area (Å²) in [5.41, 5.74) is 0. The summed E-state index contributed by atoms with van der Waals surface area (Å²) in [5.74, 6) is 0.0480. The number of carbonyl (C=O) groups excluding carboxylic acids is 1. The molecule has 0 aromatic rings. The molecule has 0 rings (SSSR count). The van der Waals surface area contributed by atoms with Crippen molar-refractivity contribution in [2.24, 2.45) is 0 Å². The van der Waals surface area contributed by atoms with E-state index in [4.69, 9.17) is 0 Å². The Morgan fingerprint density at radius 2 is 2.12 bits per heavy atom. The molecule has 0 N–H and O–H groups in total. The van der Waals surface area contributed by atoms with E-state index < -0.39 is 0 Å². The van der Waals surface area contributed by atoms with Crippen LogP contribution in [-0.4, -0.2) is 6.29 Å². The van der Waals surface area contributed by atoms with Crippen LogP contribution in [0.3, 0.4) is 0 Å². The van der Waals surface area contributed by atoms with Gasteiger partial charge in [-0.25, -0.2) is 0 Å². The molecule has 0 atom stereocenters. The maximum absolute atomic E-state index is 9.75. The third kappa shape index (κ3) is 3.61. The summed E-state index contributed by atoms with van der Waals surface area (Å²) in [6.07, 6.45) is 0.506. The van der Waals surface area contributed by atoms with Crippen LogP contribution in [0, 0.1) is 0 Å². The molecule has 2 nitrogen and oxygen atoms in total. The largest absolute Gasteiger partial charge is 0.448 e. The Morgan fingerprint density at radius 1 is 1.62 bits per heavy atom. The Kier molecular flexibility index (Phi) is 3.19. The van der Waals surface area contributed by atoms with Gasteiger partial charge in [-0.2, -0.15) is 0 Å². The number of rotatable bonds is 3. The predicted molar refractivity (Wildman–Crippen MR) is 34.4 cm³/mol. The lowest BCUT2D eigenvalue weighted by molar-refractivity contribution is -0.107. The summed E-state index contributed by atoms with van der Waals surface area (Å²) in [4.78, 5) is 9.75. The minimum atomic E-state index is 0.0480. The summed E-state index contributed by atoms with van der Waals surface area (Å²) in [7, 11) is 0. The summed E-state index contributed by atoms with van der Waals surface area (Å²) in [6.45, 7) is 6.55. The van der Waals surface area contributed by atoms with Gasteiger partial charge in [0.25, 0.3) is 0 Å². The molecule has 0 bridgehead atoms. The molecule has 0 amide bonds. The summed E-state index contributed by atoms with van der Waals surface area (Å²) < 4.78 is 4.85. The predicted octanol–water partition coefficient (Wildman–Crippen LogP) is 1.58. The molecule has 0 heterocycles. The van der Waals surface area contributed by atoms with Crippen molar-refractivity contribution in [3.05, 3.63) is 23.6 Å². The topological polar surface area (TPSA) is 26.3 Å². The first-order valence-corrected chi connectivity index (χ1v) is 2.62. The third-order valence-corrected chi connectivity index (χ3v) is 0.535. The van der Waals surface area contributed by atoms with Crippen LogP contribution in [0.2, 0.25) is 0 Å². The second-order valence-electron chi connectivity index (χ2n) is 1.04. The average Bonchev–Trinajstić information content (AvgIpc) is 1.65. The molecule has 0 aromatic heterocycles. The lowest BCUT2D eigenvalue weighted by atomic mass is 10.6. The van der Waals surface area contributed by atoms with Crippen LogP contribution in [0.5, 0.6) is 0 Å². The van der Waals surface area contributed by atoms with Crippen molar-refractivity contribution in [2.45, 2.75) is 0 Å². The van der Waals surface area contributed by atoms with Gasteiger partial charge in [-0.1, -0.05) is 6.58 Å². The van der Waals surface area contributed by atoms with E-state index in [1.807, 2.05) is 0 Å². The number of allylic oxidation sites excluding steroid dienone is 1. The quantitative estimate of drug-likeness (QED) is 0.371. The minimum absolute atomic E-state index is 0.0480. The molecule has 8 heavy (non-hydrogen) atoms. The zero-order valence-electron chi connectivity index (χ0n) is 4.19. The van der Waals surface area contributed by atoms with E-state index in [1.165, 1.54) is 0 Å². The molecule has 0 aliphatic carbocycles. The first-order valence-electron chi connectivity index (χ1n) is 1.83. The molecular weight excluding hydrogens is 172 g/mol. The normalized spacial score (nSPS) is 7.62. The monoisotopic (exact) mass is 176 g/mol. The fourth-order valence-electron chi connectivity index (χ4n) is 0.166. The molecule has 0 saturated heterocycles. The fraction of sp³-hybridized carbons (Fsp3) is 0. The number of hydrogen-bond donors (Lipinski definition) is 0. The minimum Gasteiger partial charge on any atom is -0.448 e. The zero-order valence-corrected chi connectivity index (χ0v) is 5.77. The Balaban J connectivity index is 3.55.